The summed E-state index contributed by atoms with van der Waals surface area (Å²) in [5, 5.41) is 0. The molecule has 0 aliphatic rings. The second-order valence-corrected chi connectivity index (χ2v) is 3.96. The number of carbonyl (C=O) groups is 1. The molecule has 0 saturated carbocycles. The van der Waals surface area contributed by atoms with Gasteiger partial charge in [0.15, 0.2) is 5.65 Å². The molecule has 7 heteroatoms. The molecule has 2 rings (SSSR count). The van der Waals surface area contributed by atoms with Crippen molar-refractivity contribution in [3.63, 3.8) is 0 Å². The first-order valence-corrected chi connectivity index (χ1v) is 5.93. The van der Waals surface area contributed by atoms with Crippen LogP contribution in [0.2, 0.25) is 0 Å². The van der Waals surface area contributed by atoms with Gasteiger partial charge < -0.3 is 15.2 Å². The Morgan fingerprint density at radius 2 is 2.21 bits per heavy atom. The van der Waals surface area contributed by atoms with E-state index in [9.17, 15) is 4.79 Å². The molecule has 0 radical (unpaired) electrons. The van der Waals surface area contributed by atoms with Crippen LogP contribution in [0.1, 0.15) is 19.9 Å². The summed E-state index contributed by atoms with van der Waals surface area (Å²) in [6.45, 7) is 3.75. The zero-order valence-electron chi connectivity index (χ0n) is 11.1. The summed E-state index contributed by atoms with van der Waals surface area (Å²) in [5.74, 6) is 0.277. The van der Waals surface area contributed by atoms with Crippen LogP contribution in [0.15, 0.2) is 12.1 Å². The SMILES string of the molecule is CCOC(=O)C(C)n1c(N)nc2ccc(OC)nc21. The van der Waals surface area contributed by atoms with Gasteiger partial charge in [-0.1, -0.05) is 0 Å². The summed E-state index contributed by atoms with van der Waals surface area (Å²) in [7, 11) is 1.52. The normalized spacial score (nSPS) is 12.4. The highest BCUT2D eigenvalue weighted by Crippen LogP contribution is 2.24. The fourth-order valence-electron chi connectivity index (χ4n) is 1.84. The fraction of sp³-hybridized carbons (Fsp3) is 0.417. The van der Waals surface area contributed by atoms with Crippen LogP contribution < -0.4 is 10.5 Å². The second kappa shape index (κ2) is 5.13. The fourth-order valence-corrected chi connectivity index (χ4v) is 1.84. The van der Waals surface area contributed by atoms with Crippen molar-refractivity contribution in [3.8, 4) is 5.88 Å². The molecule has 0 saturated heterocycles. The van der Waals surface area contributed by atoms with Gasteiger partial charge in [0, 0.05) is 6.07 Å². The first kappa shape index (κ1) is 13.1. The second-order valence-electron chi connectivity index (χ2n) is 3.96. The van der Waals surface area contributed by atoms with Crippen molar-refractivity contribution in [2.75, 3.05) is 19.5 Å². The molecule has 1 unspecified atom stereocenters. The van der Waals surface area contributed by atoms with Gasteiger partial charge >= 0.3 is 5.97 Å². The maximum atomic E-state index is 11.8. The summed E-state index contributed by atoms with van der Waals surface area (Å²) < 4.78 is 11.6. The zero-order chi connectivity index (χ0) is 14.0. The first-order chi connectivity index (χ1) is 9.08. The summed E-state index contributed by atoms with van der Waals surface area (Å²) in [6.07, 6.45) is 0. The van der Waals surface area contributed by atoms with Crippen molar-refractivity contribution in [3.05, 3.63) is 12.1 Å². The minimum absolute atomic E-state index is 0.219. The molecule has 0 fully saturated rings. The van der Waals surface area contributed by atoms with Crippen molar-refractivity contribution in [2.45, 2.75) is 19.9 Å². The Labute approximate surface area is 110 Å². The number of nitrogens with two attached hydrogens (primary N) is 1. The van der Waals surface area contributed by atoms with Gasteiger partial charge in [0.1, 0.15) is 11.6 Å². The van der Waals surface area contributed by atoms with Crippen molar-refractivity contribution in [1.29, 1.82) is 0 Å². The summed E-state index contributed by atoms with van der Waals surface area (Å²) in [6, 6.07) is 2.84. The molecule has 0 aliphatic heterocycles. The Balaban J connectivity index is 2.52. The number of ether oxygens (including phenoxy) is 2. The average Bonchev–Trinajstić information content (AvgIpc) is 2.72. The summed E-state index contributed by atoms with van der Waals surface area (Å²) in [5.41, 5.74) is 6.95. The predicted molar refractivity (Wildman–Crippen MR) is 69.8 cm³/mol. The number of nitrogen functional groups attached to an aromatic ring is 1. The molecule has 0 amide bonds. The number of methoxy groups -OCH3 is 1. The highest BCUT2D eigenvalue weighted by Gasteiger charge is 2.22. The largest absolute Gasteiger partial charge is 0.481 e. The van der Waals surface area contributed by atoms with Gasteiger partial charge in [0.25, 0.3) is 0 Å². The third kappa shape index (κ3) is 2.31. The van der Waals surface area contributed by atoms with Crippen LogP contribution >= 0.6 is 0 Å². The molecule has 0 spiro atoms. The topological polar surface area (TPSA) is 92.3 Å². The molecular weight excluding hydrogens is 248 g/mol. The van der Waals surface area contributed by atoms with Crippen LogP contribution in [-0.4, -0.2) is 34.2 Å². The third-order valence-corrected chi connectivity index (χ3v) is 2.76. The Bertz CT molecular complexity index is 608. The Morgan fingerprint density at radius 1 is 1.47 bits per heavy atom. The number of pyridine rings is 1. The lowest BCUT2D eigenvalue weighted by Crippen LogP contribution is -2.20. The number of hydrogen-bond acceptors (Lipinski definition) is 6. The lowest BCUT2D eigenvalue weighted by molar-refractivity contribution is -0.146. The van der Waals surface area contributed by atoms with Crippen molar-refractivity contribution in [1.82, 2.24) is 14.5 Å². The van der Waals surface area contributed by atoms with Crippen LogP contribution in [0.25, 0.3) is 11.2 Å². The number of rotatable bonds is 4. The number of esters is 1. The van der Waals surface area contributed by atoms with E-state index < -0.39 is 6.04 Å². The molecule has 0 aliphatic carbocycles. The standard InChI is InChI=1S/C12H16N4O3/c1-4-19-11(17)7(2)16-10-8(14-12(16)13)5-6-9(15-10)18-3/h5-7H,4H2,1-3H3,(H2,13,14). The molecule has 1 atom stereocenters. The number of carbonyl (C=O) groups excluding carboxylic acids is 1. The van der Waals surface area contributed by atoms with Gasteiger partial charge in [-0.15, -0.1) is 0 Å². The van der Waals surface area contributed by atoms with E-state index in [1.807, 2.05) is 0 Å². The van der Waals surface area contributed by atoms with E-state index in [-0.39, 0.29) is 11.9 Å². The molecule has 2 aromatic heterocycles. The highest BCUT2D eigenvalue weighted by molar-refractivity contribution is 5.80. The van der Waals surface area contributed by atoms with Gasteiger partial charge in [-0.25, -0.2) is 9.78 Å². The van der Waals surface area contributed by atoms with Gasteiger partial charge in [-0.05, 0) is 19.9 Å². The van der Waals surface area contributed by atoms with Crippen molar-refractivity contribution in [2.24, 2.45) is 0 Å². The highest BCUT2D eigenvalue weighted by atomic mass is 16.5. The smallest absolute Gasteiger partial charge is 0.329 e. The van der Waals surface area contributed by atoms with Crippen LogP contribution in [0, 0.1) is 0 Å². The average molecular weight is 264 g/mol. The van der Waals surface area contributed by atoms with Crippen molar-refractivity contribution < 1.29 is 14.3 Å². The van der Waals surface area contributed by atoms with Gasteiger partial charge in [0.2, 0.25) is 11.8 Å². The monoisotopic (exact) mass is 264 g/mol. The summed E-state index contributed by atoms with van der Waals surface area (Å²) >= 11 is 0. The van der Waals surface area contributed by atoms with E-state index in [4.69, 9.17) is 15.2 Å². The van der Waals surface area contributed by atoms with Gasteiger partial charge in [-0.3, -0.25) is 4.57 Å². The molecule has 0 aromatic carbocycles. The maximum Gasteiger partial charge on any atom is 0.329 e. The number of imidazole rings is 1. The van der Waals surface area contributed by atoms with Gasteiger partial charge in [-0.2, -0.15) is 4.98 Å². The van der Waals surface area contributed by atoms with Crippen LogP contribution in [0.5, 0.6) is 5.88 Å². The Morgan fingerprint density at radius 3 is 2.84 bits per heavy atom. The van der Waals surface area contributed by atoms with E-state index in [1.165, 1.54) is 11.7 Å². The number of anilines is 1. The van der Waals surface area contributed by atoms with Crippen LogP contribution in [0.3, 0.4) is 0 Å². The minimum Gasteiger partial charge on any atom is -0.481 e. The van der Waals surface area contributed by atoms with E-state index in [0.29, 0.717) is 23.7 Å². The lowest BCUT2D eigenvalue weighted by atomic mass is 10.3. The van der Waals surface area contributed by atoms with E-state index in [0.717, 1.165) is 0 Å². The summed E-state index contributed by atoms with van der Waals surface area (Å²) in [4.78, 5) is 20.2. The first-order valence-electron chi connectivity index (χ1n) is 5.93. The number of aromatic nitrogens is 3. The van der Waals surface area contributed by atoms with E-state index in [1.54, 1.807) is 26.0 Å². The Hall–Kier alpha value is -2.31. The van der Waals surface area contributed by atoms with Crippen molar-refractivity contribution >= 4 is 23.1 Å². The van der Waals surface area contributed by atoms with E-state index in [2.05, 4.69) is 9.97 Å². The molecule has 7 nitrogen and oxygen atoms in total. The van der Waals surface area contributed by atoms with Crippen LogP contribution in [0.4, 0.5) is 5.95 Å². The molecule has 2 heterocycles. The molecule has 2 N–H and O–H groups in total. The number of nitrogens with zero attached hydrogens (tertiary/aromatic N) is 3. The molecule has 19 heavy (non-hydrogen) atoms. The molecule has 0 bridgehead atoms. The predicted octanol–water partition coefficient (Wildman–Crippen LogP) is 1.15. The van der Waals surface area contributed by atoms with Crippen LogP contribution in [-0.2, 0) is 9.53 Å². The number of hydrogen-bond donors (Lipinski definition) is 1. The molecular formula is C12H16N4O3. The molecule has 102 valence electrons. The Kier molecular flexibility index (Phi) is 3.55. The lowest BCUT2D eigenvalue weighted by Gasteiger charge is -2.13. The van der Waals surface area contributed by atoms with E-state index >= 15 is 0 Å². The maximum absolute atomic E-state index is 11.8. The molecule has 2 aromatic rings. The zero-order valence-corrected chi connectivity index (χ0v) is 11.1. The minimum atomic E-state index is -0.593. The number of fused-ring (bicyclic) bond motifs is 1. The van der Waals surface area contributed by atoms with Gasteiger partial charge in [0.05, 0.1) is 13.7 Å². The third-order valence-electron chi connectivity index (χ3n) is 2.76. The quantitative estimate of drug-likeness (QED) is 0.833.